The highest BCUT2D eigenvalue weighted by molar-refractivity contribution is 5.95. The lowest BCUT2D eigenvalue weighted by molar-refractivity contribution is 0.220. The van der Waals surface area contributed by atoms with Gasteiger partial charge in [0.15, 0.2) is 0 Å². The van der Waals surface area contributed by atoms with Crippen LogP contribution in [-0.2, 0) is 6.54 Å². The van der Waals surface area contributed by atoms with Crippen LogP contribution in [-0.4, -0.2) is 51.2 Å². The summed E-state index contributed by atoms with van der Waals surface area (Å²) in [5.41, 5.74) is 8.14. The number of nitrogens with one attached hydrogen (secondary N) is 2. The van der Waals surface area contributed by atoms with Crippen molar-refractivity contribution in [2.75, 3.05) is 36.4 Å². The number of hydrogen-bond donors (Lipinski definition) is 2. The molecule has 0 bridgehead atoms. The van der Waals surface area contributed by atoms with E-state index in [9.17, 15) is 0 Å². The maximum atomic E-state index is 4.68. The quantitative estimate of drug-likeness (QED) is 0.359. The summed E-state index contributed by atoms with van der Waals surface area (Å²) in [5.74, 6) is 1.07. The number of benzene rings is 1. The SMILES string of the molecule is C=C(Nc1cnc(N2CCC2)c(C)c1)c1n[nH]c2ccc(-c3cncc(CN4CCCCC4)c3)cc12. The first kappa shape index (κ1) is 22.7. The summed E-state index contributed by atoms with van der Waals surface area (Å²) < 4.78 is 0. The molecule has 2 N–H and O–H groups in total. The smallest absolute Gasteiger partial charge is 0.131 e. The number of likely N-dealkylation sites (tertiary alicyclic amines) is 1. The Morgan fingerprint density at radius 1 is 0.972 bits per heavy atom. The predicted molar refractivity (Wildman–Crippen MR) is 147 cm³/mol. The van der Waals surface area contributed by atoms with Gasteiger partial charge in [-0.05, 0) is 80.2 Å². The van der Waals surface area contributed by atoms with Crippen LogP contribution in [0.15, 0.2) is 55.5 Å². The van der Waals surface area contributed by atoms with Crippen molar-refractivity contribution in [3.8, 4) is 11.1 Å². The van der Waals surface area contributed by atoms with Crippen molar-refractivity contribution in [2.24, 2.45) is 0 Å². The summed E-state index contributed by atoms with van der Waals surface area (Å²) in [6, 6.07) is 10.8. The standard InChI is InChI=1S/C29H33N7/c1-20-13-25(18-31-29(20)36-11-6-12-36)32-21(2)28-26-15-23(7-8-27(26)33-34-28)24-14-22(16-30-17-24)19-35-9-4-3-5-10-35/h7-8,13-18,32H,2-6,9-12,19H2,1H3,(H,33,34). The van der Waals surface area contributed by atoms with Gasteiger partial charge in [0.25, 0.3) is 0 Å². The van der Waals surface area contributed by atoms with E-state index in [1.54, 1.807) is 0 Å². The molecule has 2 fully saturated rings. The number of rotatable bonds is 7. The van der Waals surface area contributed by atoms with E-state index in [4.69, 9.17) is 0 Å². The average molecular weight is 480 g/mol. The number of aryl methyl sites for hydroxylation is 1. The fraction of sp³-hybridized carbons (Fsp3) is 0.345. The second kappa shape index (κ2) is 9.74. The van der Waals surface area contributed by atoms with E-state index in [1.807, 2.05) is 18.6 Å². The molecular formula is C29H33N7. The summed E-state index contributed by atoms with van der Waals surface area (Å²) in [6.07, 6.45) is 11.0. The fourth-order valence-electron chi connectivity index (χ4n) is 5.26. The number of aromatic nitrogens is 4. The first-order chi connectivity index (χ1) is 17.6. The molecule has 5 heterocycles. The third-order valence-electron chi connectivity index (χ3n) is 7.33. The van der Waals surface area contributed by atoms with E-state index in [-0.39, 0.29) is 0 Å². The molecule has 0 amide bonds. The molecule has 0 atom stereocenters. The predicted octanol–water partition coefficient (Wildman–Crippen LogP) is 5.61. The molecule has 7 nitrogen and oxygen atoms in total. The molecule has 2 aliphatic rings. The van der Waals surface area contributed by atoms with E-state index in [2.05, 4.69) is 79.1 Å². The molecule has 4 aromatic rings. The van der Waals surface area contributed by atoms with Gasteiger partial charge in [-0.25, -0.2) is 4.98 Å². The van der Waals surface area contributed by atoms with Gasteiger partial charge in [-0.3, -0.25) is 15.0 Å². The van der Waals surface area contributed by atoms with E-state index in [0.29, 0.717) is 0 Å². The minimum atomic E-state index is 0.744. The van der Waals surface area contributed by atoms with Crippen molar-refractivity contribution >= 4 is 28.1 Å². The Hall–Kier alpha value is -3.71. The summed E-state index contributed by atoms with van der Waals surface area (Å²) in [7, 11) is 0. The van der Waals surface area contributed by atoms with Crippen LogP contribution in [0.3, 0.4) is 0 Å². The zero-order valence-electron chi connectivity index (χ0n) is 20.9. The van der Waals surface area contributed by atoms with Gasteiger partial charge in [0.1, 0.15) is 11.5 Å². The molecule has 0 aliphatic carbocycles. The fourth-order valence-corrected chi connectivity index (χ4v) is 5.26. The van der Waals surface area contributed by atoms with Crippen LogP contribution in [0, 0.1) is 6.92 Å². The highest BCUT2D eigenvalue weighted by atomic mass is 15.2. The third-order valence-corrected chi connectivity index (χ3v) is 7.33. The summed E-state index contributed by atoms with van der Waals surface area (Å²) in [4.78, 5) is 14.1. The molecule has 1 aromatic carbocycles. The monoisotopic (exact) mass is 479 g/mol. The van der Waals surface area contributed by atoms with E-state index >= 15 is 0 Å². The molecule has 184 valence electrons. The first-order valence-corrected chi connectivity index (χ1v) is 13.0. The van der Waals surface area contributed by atoms with Gasteiger partial charge in [-0.1, -0.05) is 19.1 Å². The number of fused-ring (bicyclic) bond motifs is 1. The van der Waals surface area contributed by atoms with Gasteiger partial charge in [-0.15, -0.1) is 0 Å². The van der Waals surface area contributed by atoms with Crippen molar-refractivity contribution in [3.63, 3.8) is 0 Å². The Kier molecular flexibility index (Phi) is 6.15. The molecule has 3 aromatic heterocycles. The van der Waals surface area contributed by atoms with Crippen LogP contribution in [0.5, 0.6) is 0 Å². The largest absolute Gasteiger partial charge is 0.356 e. The highest BCUT2D eigenvalue weighted by Crippen LogP contribution is 2.30. The molecule has 0 spiro atoms. The molecule has 36 heavy (non-hydrogen) atoms. The van der Waals surface area contributed by atoms with Gasteiger partial charge in [0, 0.05) is 43.0 Å². The first-order valence-electron chi connectivity index (χ1n) is 13.0. The van der Waals surface area contributed by atoms with Gasteiger partial charge in [-0.2, -0.15) is 5.10 Å². The maximum Gasteiger partial charge on any atom is 0.131 e. The minimum Gasteiger partial charge on any atom is -0.356 e. The van der Waals surface area contributed by atoms with Gasteiger partial charge in [0.05, 0.1) is 23.1 Å². The molecule has 0 radical (unpaired) electrons. The molecule has 6 rings (SSSR count). The Morgan fingerprint density at radius 2 is 1.83 bits per heavy atom. The lowest BCUT2D eigenvalue weighted by Crippen LogP contribution is -2.38. The average Bonchev–Trinajstić information content (AvgIpc) is 3.29. The van der Waals surface area contributed by atoms with Crippen molar-refractivity contribution < 1.29 is 0 Å². The number of anilines is 2. The van der Waals surface area contributed by atoms with Gasteiger partial charge >= 0.3 is 0 Å². The number of piperidine rings is 1. The summed E-state index contributed by atoms with van der Waals surface area (Å²) in [5, 5.41) is 12.2. The summed E-state index contributed by atoms with van der Waals surface area (Å²) >= 11 is 0. The molecule has 2 aliphatic heterocycles. The lowest BCUT2D eigenvalue weighted by Gasteiger charge is -2.33. The topological polar surface area (TPSA) is 73.0 Å². The van der Waals surface area contributed by atoms with Crippen molar-refractivity contribution in [1.29, 1.82) is 0 Å². The van der Waals surface area contributed by atoms with E-state index in [1.165, 1.54) is 49.9 Å². The molecule has 0 saturated carbocycles. The number of nitrogens with zero attached hydrogens (tertiary/aromatic N) is 5. The molecule has 2 saturated heterocycles. The van der Waals surface area contributed by atoms with Crippen LogP contribution in [0.2, 0.25) is 0 Å². The number of hydrogen-bond acceptors (Lipinski definition) is 6. The Labute approximate surface area is 212 Å². The van der Waals surface area contributed by atoms with E-state index < -0.39 is 0 Å². The number of aromatic amines is 1. The third kappa shape index (κ3) is 4.58. The number of H-pyrrole nitrogens is 1. The highest BCUT2D eigenvalue weighted by Gasteiger charge is 2.18. The van der Waals surface area contributed by atoms with Crippen LogP contribution in [0.4, 0.5) is 11.5 Å². The van der Waals surface area contributed by atoms with Crippen molar-refractivity contribution in [1.82, 2.24) is 25.1 Å². The Balaban J connectivity index is 1.23. The second-order valence-corrected chi connectivity index (χ2v) is 10.1. The summed E-state index contributed by atoms with van der Waals surface area (Å²) in [6.45, 7) is 11.9. The van der Waals surface area contributed by atoms with Crippen LogP contribution < -0.4 is 10.2 Å². The maximum absolute atomic E-state index is 4.68. The van der Waals surface area contributed by atoms with Crippen LogP contribution in [0.25, 0.3) is 27.7 Å². The van der Waals surface area contributed by atoms with Crippen molar-refractivity contribution in [2.45, 2.75) is 39.2 Å². The van der Waals surface area contributed by atoms with Gasteiger partial charge in [0.2, 0.25) is 0 Å². The molecule has 0 unspecified atom stereocenters. The van der Waals surface area contributed by atoms with Gasteiger partial charge < -0.3 is 10.2 Å². The molecular weight excluding hydrogens is 446 g/mol. The van der Waals surface area contributed by atoms with Crippen molar-refractivity contribution in [3.05, 3.63) is 72.3 Å². The zero-order valence-corrected chi connectivity index (χ0v) is 20.9. The van der Waals surface area contributed by atoms with Crippen LogP contribution >= 0.6 is 0 Å². The minimum absolute atomic E-state index is 0.744. The zero-order chi connectivity index (χ0) is 24.5. The Morgan fingerprint density at radius 3 is 2.61 bits per heavy atom. The second-order valence-electron chi connectivity index (χ2n) is 10.1. The lowest BCUT2D eigenvalue weighted by atomic mass is 10.0. The van der Waals surface area contributed by atoms with Crippen LogP contribution in [0.1, 0.15) is 42.5 Å². The normalized spacial score (nSPS) is 16.2. The molecule has 7 heteroatoms. The number of pyridine rings is 2. The Bertz CT molecular complexity index is 1400. The van der Waals surface area contributed by atoms with E-state index in [0.717, 1.165) is 64.6 Å².